The lowest BCUT2D eigenvalue weighted by Crippen LogP contribution is -2.39. The van der Waals surface area contributed by atoms with Crippen LogP contribution in [-0.2, 0) is 12.1 Å². The average Bonchev–Trinajstić information content (AvgIpc) is 2.87. The minimum absolute atomic E-state index is 0.621. The Labute approximate surface area is 200 Å². The predicted octanol–water partition coefficient (Wildman–Crippen LogP) is 6.89. The maximum atomic E-state index is 6.86. The van der Waals surface area contributed by atoms with Gasteiger partial charge in [-0.25, -0.2) is 0 Å². The zero-order valence-corrected chi connectivity index (χ0v) is 20.1. The SMILES string of the molecule is CCCNCc1ccc(Br)cc1.NC(c1ccccc1)(c1ccccc1)c1ccccc1. The summed E-state index contributed by atoms with van der Waals surface area (Å²) in [5.74, 6) is 0. The van der Waals surface area contributed by atoms with Crippen molar-refractivity contribution in [2.45, 2.75) is 25.4 Å². The molecule has 4 aromatic rings. The van der Waals surface area contributed by atoms with Crippen LogP contribution in [0.5, 0.6) is 0 Å². The molecular weight excluding hydrogens is 456 g/mol. The molecule has 3 heteroatoms. The van der Waals surface area contributed by atoms with E-state index >= 15 is 0 Å². The van der Waals surface area contributed by atoms with Gasteiger partial charge < -0.3 is 11.1 Å². The Kier molecular flexibility index (Phi) is 9.24. The van der Waals surface area contributed by atoms with Gasteiger partial charge in [0.15, 0.2) is 0 Å². The van der Waals surface area contributed by atoms with Crippen molar-refractivity contribution in [2.75, 3.05) is 6.54 Å². The molecule has 0 unspecified atom stereocenters. The van der Waals surface area contributed by atoms with E-state index in [0.717, 1.165) is 34.3 Å². The summed E-state index contributed by atoms with van der Waals surface area (Å²) >= 11 is 3.41. The fourth-order valence-corrected chi connectivity index (χ4v) is 3.88. The molecule has 0 aromatic heterocycles. The van der Waals surface area contributed by atoms with E-state index in [1.165, 1.54) is 12.0 Å². The summed E-state index contributed by atoms with van der Waals surface area (Å²) in [7, 11) is 0. The zero-order chi connectivity index (χ0) is 22.7. The number of hydrogen-bond donors (Lipinski definition) is 2. The first kappa shape index (κ1) is 23.9. The number of hydrogen-bond acceptors (Lipinski definition) is 2. The van der Waals surface area contributed by atoms with Crippen LogP contribution in [0.25, 0.3) is 0 Å². The van der Waals surface area contributed by atoms with Crippen LogP contribution in [0.4, 0.5) is 0 Å². The van der Waals surface area contributed by atoms with Crippen molar-refractivity contribution < 1.29 is 0 Å². The summed E-state index contributed by atoms with van der Waals surface area (Å²) < 4.78 is 1.14. The van der Waals surface area contributed by atoms with E-state index in [-0.39, 0.29) is 0 Å². The molecule has 2 nitrogen and oxygen atoms in total. The molecule has 0 aliphatic heterocycles. The van der Waals surface area contributed by atoms with Gasteiger partial charge in [0.25, 0.3) is 0 Å². The highest BCUT2D eigenvalue weighted by Gasteiger charge is 2.31. The average molecular weight is 487 g/mol. The van der Waals surface area contributed by atoms with Crippen molar-refractivity contribution in [3.8, 4) is 0 Å². The first-order valence-electron chi connectivity index (χ1n) is 11.0. The predicted molar refractivity (Wildman–Crippen MR) is 140 cm³/mol. The molecule has 0 heterocycles. The summed E-state index contributed by atoms with van der Waals surface area (Å²) in [6.07, 6.45) is 1.19. The molecule has 0 saturated carbocycles. The number of nitrogens with two attached hydrogens (primary N) is 1. The molecule has 0 aliphatic rings. The second-order valence-corrected chi connectivity index (χ2v) is 8.63. The highest BCUT2D eigenvalue weighted by Crippen LogP contribution is 2.33. The van der Waals surface area contributed by atoms with Crippen LogP contribution in [0.2, 0.25) is 0 Å². The van der Waals surface area contributed by atoms with Crippen LogP contribution in [0.3, 0.4) is 0 Å². The Morgan fingerprint density at radius 3 is 1.44 bits per heavy atom. The van der Waals surface area contributed by atoms with Gasteiger partial charge in [0.1, 0.15) is 0 Å². The van der Waals surface area contributed by atoms with E-state index in [2.05, 4.69) is 88.8 Å². The van der Waals surface area contributed by atoms with Crippen LogP contribution in [0.1, 0.15) is 35.6 Å². The van der Waals surface area contributed by atoms with Crippen molar-refractivity contribution in [1.29, 1.82) is 0 Å². The van der Waals surface area contributed by atoms with E-state index in [9.17, 15) is 0 Å². The first-order valence-corrected chi connectivity index (χ1v) is 11.8. The molecule has 0 fully saturated rings. The van der Waals surface area contributed by atoms with E-state index in [1.54, 1.807) is 0 Å². The van der Waals surface area contributed by atoms with Crippen molar-refractivity contribution >= 4 is 15.9 Å². The molecule has 0 bridgehead atoms. The molecule has 0 aliphatic carbocycles. The number of halogens is 1. The van der Waals surface area contributed by atoms with E-state index in [1.807, 2.05) is 54.6 Å². The third-order valence-electron chi connectivity index (χ3n) is 5.36. The normalized spacial score (nSPS) is 10.8. The topological polar surface area (TPSA) is 38.0 Å². The minimum atomic E-state index is -0.621. The van der Waals surface area contributed by atoms with E-state index in [4.69, 9.17) is 5.73 Å². The smallest absolute Gasteiger partial charge is 0.0922 e. The van der Waals surface area contributed by atoms with Gasteiger partial charge in [-0.05, 0) is 47.4 Å². The lowest BCUT2D eigenvalue weighted by atomic mass is 9.78. The summed E-state index contributed by atoms with van der Waals surface area (Å²) in [5, 5.41) is 3.36. The quantitative estimate of drug-likeness (QED) is 0.220. The molecule has 4 aromatic carbocycles. The third-order valence-corrected chi connectivity index (χ3v) is 5.89. The fourth-order valence-electron chi connectivity index (χ4n) is 3.61. The van der Waals surface area contributed by atoms with Crippen molar-refractivity contribution in [3.63, 3.8) is 0 Å². The lowest BCUT2D eigenvalue weighted by Gasteiger charge is -2.31. The summed E-state index contributed by atoms with van der Waals surface area (Å²) in [6, 6.07) is 39.1. The lowest BCUT2D eigenvalue weighted by molar-refractivity contribution is 0.653. The van der Waals surface area contributed by atoms with Crippen LogP contribution in [-0.4, -0.2) is 6.54 Å². The molecule has 3 N–H and O–H groups in total. The van der Waals surface area contributed by atoms with Gasteiger partial charge in [0.2, 0.25) is 0 Å². The monoisotopic (exact) mass is 486 g/mol. The van der Waals surface area contributed by atoms with E-state index < -0.39 is 5.54 Å². The maximum Gasteiger partial charge on any atom is 0.0922 e. The van der Waals surface area contributed by atoms with Gasteiger partial charge in [-0.15, -0.1) is 0 Å². The van der Waals surface area contributed by atoms with Crippen LogP contribution in [0, 0.1) is 0 Å². The van der Waals surface area contributed by atoms with Gasteiger partial charge in [0, 0.05) is 11.0 Å². The molecule has 4 rings (SSSR count). The molecule has 0 saturated heterocycles. The Hall–Kier alpha value is -2.72. The van der Waals surface area contributed by atoms with Crippen molar-refractivity contribution in [1.82, 2.24) is 5.32 Å². The zero-order valence-electron chi connectivity index (χ0n) is 18.5. The summed E-state index contributed by atoms with van der Waals surface area (Å²) in [6.45, 7) is 4.24. The van der Waals surface area contributed by atoms with Crippen LogP contribution in [0.15, 0.2) is 120 Å². The molecular formula is C29H31BrN2. The Balaban J connectivity index is 0.000000207. The number of benzene rings is 4. The summed E-state index contributed by atoms with van der Waals surface area (Å²) in [5.41, 5.74) is 10.9. The molecule has 32 heavy (non-hydrogen) atoms. The fraction of sp³-hybridized carbons (Fsp3) is 0.172. The van der Waals surface area contributed by atoms with Gasteiger partial charge >= 0.3 is 0 Å². The van der Waals surface area contributed by atoms with Crippen LogP contribution >= 0.6 is 15.9 Å². The van der Waals surface area contributed by atoms with E-state index in [0.29, 0.717) is 0 Å². The Morgan fingerprint density at radius 2 is 1.06 bits per heavy atom. The molecule has 0 radical (unpaired) electrons. The number of rotatable bonds is 7. The number of nitrogens with one attached hydrogen (secondary N) is 1. The Morgan fingerprint density at radius 1 is 0.656 bits per heavy atom. The highest BCUT2D eigenvalue weighted by molar-refractivity contribution is 9.10. The molecule has 0 amide bonds. The molecule has 164 valence electrons. The van der Waals surface area contributed by atoms with Crippen molar-refractivity contribution in [2.24, 2.45) is 5.73 Å². The highest BCUT2D eigenvalue weighted by atomic mass is 79.9. The van der Waals surface area contributed by atoms with Gasteiger partial charge in [-0.2, -0.15) is 0 Å². The largest absolute Gasteiger partial charge is 0.314 e. The van der Waals surface area contributed by atoms with Gasteiger partial charge in [-0.3, -0.25) is 0 Å². The first-order chi connectivity index (χ1) is 15.6. The standard InChI is InChI=1S/C19H17N.C10H14BrN/c20-19(16-10-4-1-5-11-16,17-12-6-2-7-13-17)18-14-8-3-9-15-18;1-2-7-12-8-9-3-5-10(11)6-4-9/h1-15H,20H2;3-6,12H,2,7-8H2,1H3. The second kappa shape index (κ2) is 12.4. The van der Waals surface area contributed by atoms with Gasteiger partial charge in [-0.1, -0.05) is 126 Å². The second-order valence-electron chi connectivity index (χ2n) is 7.71. The maximum absolute atomic E-state index is 6.86. The molecule has 0 atom stereocenters. The molecule has 0 spiro atoms. The van der Waals surface area contributed by atoms with Crippen molar-refractivity contribution in [3.05, 3.63) is 142 Å². The minimum Gasteiger partial charge on any atom is -0.314 e. The Bertz CT molecular complexity index is 936. The van der Waals surface area contributed by atoms with Gasteiger partial charge in [0.05, 0.1) is 5.54 Å². The third kappa shape index (κ3) is 6.39. The van der Waals surface area contributed by atoms with Crippen LogP contribution < -0.4 is 11.1 Å². The summed E-state index contributed by atoms with van der Waals surface area (Å²) in [4.78, 5) is 0.